The van der Waals surface area contributed by atoms with Gasteiger partial charge in [0.25, 0.3) is 0 Å². The van der Waals surface area contributed by atoms with Gasteiger partial charge < -0.3 is 5.11 Å². The molecule has 0 spiro atoms. The fourth-order valence-corrected chi connectivity index (χ4v) is 2.90. The lowest BCUT2D eigenvalue weighted by Gasteiger charge is -2.19. The number of halogens is 4. The lowest BCUT2D eigenvalue weighted by atomic mass is 9.88. The van der Waals surface area contributed by atoms with Crippen LogP contribution in [0, 0.1) is 0 Å². The Balaban J connectivity index is 2.43. The molecule has 0 aliphatic heterocycles. The third-order valence-corrected chi connectivity index (χ3v) is 4.15. The number of hydroxylamine groups is 1. The molecule has 0 fully saturated rings. The van der Waals surface area contributed by atoms with Crippen LogP contribution in [0.3, 0.4) is 0 Å². The van der Waals surface area contributed by atoms with Crippen LogP contribution >= 0.6 is 0 Å². The van der Waals surface area contributed by atoms with Crippen molar-refractivity contribution < 1.29 is 28.0 Å². The smallest absolute Gasteiger partial charge is 0.416 e. The van der Waals surface area contributed by atoms with Crippen LogP contribution in [0.1, 0.15) is 11.1 Å². The molecule has 144 valence electrons. The second kappa shape index (κ2) is 7.69. The number of hydrogen-bond acceptors (Lipinski definition) is 3. The van der Waals surface area contributed by atoms with Crippen molar-refractivity contribution in [1.82, 2.24) is 5.48 Å². The van der Waals surface area contributed by atoms with Crippen molar-refractivity contribution in [3.8, 4) is 28.0 Å². The molecule has 3 N–H and O–H groups in total. The Kier molecular flexibility index (Phi) is 5.32. The second-order valence-electron chi connectivity index (χ2n) is 5.90. The molecule has 0 unspecified atom stereocenters. The zero-order chi connectivity index (χ0) is 20.3. The van der Waals surface area contributed by atoms with Crippen molar-refractivity contribution in [3.05, 3.63) is 77.9 Å². The minimum absolute atomic E-state index is 0.0553. The van der Waals surface area contributed by atoms with E-state index in [1.807, 2.05) is 0 Å². The molecule has 0 aliphatic rings. The summed E-state index contributed by atoms with van der Waals surface area (Å²) >= 11 is 0. The predicted molar refractivity (Wildman–Crippen MR) is 96.5 cm³/mol. The highest BCUT2D eigenvalue weighted by Crippen LogP contribution is 2.41. The van der Waals surface area contributed by atoms with E-state index < -0.39 is 17.6 Å². The molecule has 0 bridgehead atoms. The Morgan fingerprint density at radius 3 is 2.07 bits per heavy atom. The summed E-state index contributed by atoms with van der Waals surface area (Å²) in [6.07, 6.45) is -4.72. The number of alkyl halides is 3. The summed E-state index contributed by atoms with van der Waals surface area (Å²) in [5.41, 5.74) is 1.42. The van der Waals surface area contributed by atoms with Gasteiger partial charge in [0.2, 0.25) is 0 Å². The molecule has 0 heterocycles. The Morgan fingerprint density at radius 2 is 1.54 bits per heavy atom. The van der Waals surface area contributed by atoms with E-state index in [1.165, 1.54) is 29.7 Å². The summed E-state index contributed by atoms with van der Waals surface area (Å²) in [5.74, 6) is -0.815. The van der Waals surface area contributed by atoms with Crippen molar-refractivity contribution in [1.29, 1.82) is 0 Å². The third kappa shape index (κ3) is 3.81. The molecule has 0 atom stereocenters. The van der Waals surface area contributed by atoms with Crippen LogP contribution < -0.4 is 5.48 Å². The number of hydrogen-bond donors (Lipinski definition) is 3. The first-order chi connectivity index (χ1) is 13.3. The zero-order valence-corrected chi connectivity index (χ0v) is 14.2. The molecule has 0 aliphatic carbocycles. The molecule has 28 heavy (non-hydrogen) atoms. The molecule has 0 amide bonds. The Hall–Kier alpha value is -3.39. The summed E-state index contributed by atoms with van der Waals surface area (Å²) in [7, 11) is 0. The zero-order valence-electron chi connectivity index (χ0n) is 14.2. The van der Waals surface area contributed by atoms with E-state index in [-0.39, 0.29) is 22.4 Å². The SMILES string of the molecule is ONC(=NF)c1cc(C(F)(F)F)cc(-c2ccc(O)cc2)c1-c1ccccc1. The van der Waals surface area contributed by atoms with Crippen molar-refractivity contribution in [2.75, 3.05) is 0 Å². The number of rotatable bonds is 3. The largest absolute Gasteiger partial charge is 0.508 e. The van der Waals surface area contributed by atoms with Gasteiger partial charge in [0.1, 0.15) is 5.75 Å². The number of nitrogens with one attached hydrogen (secondary N) is 1. The Labute approximate surface area is 157 Å². The van der Waals surface area contributed by atoms with Crippen LogP contribution in [0.2, 0.25) is 0 Å². The molecule has 4 nitrogen and oxygen atoms in total. The summed E-state index contributed by atoms with van der Waals surface area (Å²) in [6.45, 7) is 0. The van der Waals surface area contributed by atoms with Gasteiger partial charge in [0, 0.05) is 11.1 Å². The van der Waals surface area contributed by atoms with Crippen LogP contribution in [-0.4, -0.2) is 16.1 Å². The van der Waals surface area contributed by atoms with Gasteiger partial charge in [0.15, 0.2) is 5.84 Å². The Morgan fingerprint density at radius 1 is 0.893 bits per heavy atom. The average Bonchev–Trinajstić information content (AvgIpc) is 2.69. The van der Waals surface area contributed by atoms with Gasteiger partial charge >= 0.3 is 6.18 Å². The molecular formula is C20H14F4N2O2. The minimum Gasteiger partial charge on any atom is -0.508 e. The normalized spacial score (nSPS) is 12.1. The first kappa shape index (κ1) is 19.4. The average molecular weight is 390 g/mol. The topological polar surface area (TPSA) is 64.8 Å². The summed E-state index contributed by atoms with van der Waals surface area (Å²) < 4.78 is 53.5. The monoisotopic (exact) mass is 390 g/mol. The molecule has 3 aromatic carbocycles. The quantitative estimate of drug-likeness (QED) is 0.244. The molecular weight excluding hydrogens is 376 g/mol. The van der Waals surface area contributed by atoms with Crippen molar-refractivity contribution in [3.63, 3.8) is 0 Å². The fourth-order valence-electron chi connectivity index (χ4n) is 2.90. The molecule has 8 heteroatoms. The van der Waals surface area contributed by atoms with Gasteiger partial charge in [-0.3, -0.25) is 5.21 Å². The molecule has 3 aromatic rings. The first-order valence-electron chi connectivity index (χ1n) is 8.04. The van der Waals surface area contributed by atoms with E-state index in [4.69, 9.17) is 0 Å². The van der Waals surface area contributed by atoms with E-state index >= 15 is 0 Å². The summed E-state index contributed by atoms with van der Waals surface area (Å²) in [4.78, 5) is 0. The van der Waals surface area contributed by atoms with Crippen LogP contribution in [0.5, 0.6) is 5.75 Å². The standard InChI is InChI=1S/C20H14F4N2O2/c21-20(22,23)14-10-16(12-6-8-15(27)9-7-12)18(13-4-2-1-3-5-13)17(11-14)19(25-24)26-28/h1-11,27-28H,(H,25,26). The third-order valence-electron chi connectivity index (χ3n) is 4.15. The molecule has 0 radical (unpaired) electrons. The second-order valence-corrected chi connectivity index (χ2v) is 5.90. The van der Waals surface area contributed by atoms with E-state index in [9.17, 15) is 28.0 Å². The molecule has 3 rings (SSSR count). The van der Waals surface area contributed by atoms with Crippen molar-refractivity contribution >= 4 is 5.84 Å². The van der Waals surface area contributed by atoms with Crippen LogP contribution in [0.25, 0.3) is 22.3 Å². The lowest BCUT2D eigenvalue weighted by Crippen LogP contribution is -2.22. The van der Waals surface area contributed by atoms with Crippen LogP contribution in [-0.2, 0) is 6.18 Å². The number of benzene rings is 3. The number of nitrogens with zero attached hydrogens (tertiary/aromatic N) is 1. The molecule has 0 aromatic heterocycles. The highest BCUT2D eigenvalue weighted by molar-refractivity contribution is 6.07. The van der Waals surface area contributed by atoms with Gasteiger partial charge in [-0.25, -0.2) is 5.48 Å². The van der Waals surface area contributed by atoms with Crippen molar-refractivity contribution in [2.24, 2.45) is 5.21 Å². The summed E-state index contributed by atoms with van der Waals surface area (Å²) in [6, 6.07) is 15.6. The lowest BCUT2D eigenvalue weighted by molar-refractivity contribution is -0.137. The Bertz CT molecular complexity index is 1000. The maximum absolute atomic E-state index is 13.5. The van der Waals surface area contributed by atoms with Crippen molar-refractivity contribution in [2.45, 2.75) is 6.18 Å². The van der Waals surface area contributed by atoms with E-state index in [0.29, 0.717) is 17.2 Å². The van der Waals surface area contributed by atoms with Gasteiger partial charge in [-0.15, -0.1) is 0 Å². The minimum atomic E-state index is -4.72. The molecule has 0 saturated carbocycles. The van der Waals surface area contributed by atoms with Gasteiger partial charge in [-0.2, -0.15) is 13.2 Å². The maximum atomic E-state index is 13.5. The van der Waals surface area contributed by atoms with Gasteiger partial charge in [0.05, 0.1) is 5.56 Å². The van der Waals surface area contributed by atoms with E-state index in [2.05, 4.69) is 5.21 Å². The van der Waals surface area contributed by atoms with Crippen LogP contribution in [0.4, 0.5) is 17.7 Å². The first-order valence-corrected chi connectivity index (χ1v) is 8.04. The maximum Gasteiger partial charge on any atom is 0.416 e. The van der Waals surface area contributed by atoms with Gasteiger partial charge in [-0.05, 0) is 41.0 Å². The fraction of sp³-hybridized carbons (Fsp3) is 0.0500. The predicted octanol–water partition coefficient (Wildman–Crippen LogP) is 5.35. The highest BCUT2D eigenvalue weighted by Gasteiger charge is 2.33. The number of aromatic hydroxyl groups is 1. The summed E-state index contributed by atoms with van der Waals surface area (Å²) in [5, 5.41) is 21.1. The number of phenols is 1. The van der Waals surface area contributed by atoms with E-state index in [0.717, 1.165) is 6.07 Å². The highest BCUT2D eigenvalue weighted by atomic mass is 19.4. The molecule has 0 saturated heterocycles. The van der Waals surface area contributed by atoms with E-state index in [1.54, 1.807) is 30.3 Å². The number of amidine groups is 1. The van der Waals surface area contributed by atoms with Gasteiger partial charge in [-0.1, -0.05) is 52.2 Å². The number of phenolic OH excluding ortho intramolecular Hbond substituents is 1. The van der Waals surface area contributed by atoms with Crippen LogP contribution in [0.15, 0.2) is 71.9 Å².